The van der Waals surface area contributed by atoms with Crippen molar-refractivity contribution in [1.29, 1.82) is 0 Å². The van der Waals surface area contributed by atoms with Crippen LogP contribution in [0.2, 0.25) is 0 Å². The Labute approximate surface area is 70.3 Å². The number of aliphatic imine (C=N–C) groups is 1. The maximum Gasteiger partial charge on any atom is 0.0952 e. The van der Waals surface area contributed by atoms with E-state index in [9.17, 15) is 0 Å². The average Bonchev–Trinajstić information content (AvgIpc) is 1.80. The third-order valence-corrected chi connectivity index (χ3v) is 1.43. The minimum absolute atomic E-state index is 0.303. The maximum atomic E-state index is 4.44. The molecule has 0 aromatic carbocycles. The summed E-state index contributed by atoms with van der Waals surface area (Å²) in [5.41, 5.74) is 0.303. The Morgan fingerprint density at radius 3 is 2.00 bits per heavy atom. The molecule has 0 amide bonds. The largest absolute Gasteiger partial charge is 0.367 e. The van der Waals surface area contributed by atoms with Crippen molar-refractivity contribution in [3.8, 4) is 0 Å². The van der Waals surface area contributed by atoms with Gasteiger partial charge >= 0.3 is 0 Å². The second kappa shape index (κ2) is 3.74. The highest BCUT2D eigenvalue weighted by molar-refractivity contribution is 5.79. The van der Waals surface area contributed by atoms with E-state index in [1.807, 2.05) is 25.9 Å². The Balaban J connectivity index is 3.93. The van der Waals surface area contributed by atoms with E-state index in [1.54, 1.807) is 0 Å². The molecule has 0 atom stereocenters. The summed E-state index contributed by atoms with van der Waals surface area (Å²) in [6, 6.07) is 0. The van der Waals surface area contributed by atoms with E-state index in [0.29, 0.717) is 5.41 Å². The highest BCUT2D eigenvalue weighted by Crippen LogP contribution is 2.12. The minimum atomic E-state index is 0.303. The summed E-state index contributed by atoms with van der Waals surface area (Å²) in [7, 11) is 4.03. The fourth-order valence-corrected chi connectivity index (χ4v) is 0.493. The molecule has 0 N–H and O–H groups in total. The normalized spacial score (nSPS) is 13.5. The van der Waals surface area contributed by atoms with Crippen LogP contribution < -0.4 is 0 Å². The molecule has 0 heterocycles. The molecule has 0 bridgehead atoms. The third-order valence-electron chi connectivity index (χ3n) is 1.43. The van der Waals surface area contributed by atoms with Gasteiger partial charge in [0.15, 0.2) is 0 Å². The summed E-state index contributed by atoms with van der Waals surface area (Å²) in [5.74, 6) is 1.10. The van der Waals surface area contributed by atoms with Gasteiger partial charge in [-0.3, -0.25) is 4.99 Å². The molecular weight excluding hydrogens is 136 g/mol. The van der Waals surface area contributed by atoms with Gasteiger partial charge in [-0.2, -0.15) is 0 Å². The molecule has 0 radical (unpaired) electrons. The molecule has 0 spiro atoms. The van der Waals surface area contributed by atoms with Gasteiger partial charge in [0.05, 0.1) is 5.84 Å². The first-order chi connectivity index (χ1) is 4.83. The minimum Gasteiger partial charge on any atom is -0.367 e. The Bertz CT molecular complexity index is 140. The van der Waals surface area contributed by atoms with Crippen LogP contribution >= 0.6 is 0 Å². The highest BCUT2D eigenvalue weighted by Gasteiger charge is 2.08. The van der Waals surface area contributed by atoms with E-state index in [1.165, 1.54) is 0 Å². The van der Waals surface area contributed by atoms with Gasteiger partial charge in [-0.15, -0.1) is 0 Å². The van der Waals surface area contributed by atoms with Crippen LogP contribution in [0.3, 0.4) is 0 Å². The Kier molecular flexibility index (Phi) is 3.56. The van der Waals surface area contributed by atoms with Crippen LogP contribution in [0.15, 0.2) is 4.99 Å². The Morgan fingerprint density at radius 1 is 1.27 bits per heavy atom. The molecule has 0 aliphatic carbocycles. The number of nitrogens with zero attached hydrogens (tertiary/aromatic N) is 2. The second-order valence-corrected chi connectivity index (χ2v) is 4.32. The Morgan fingerprint density at radius 2 is 1.73 bits per heavy atom. The van der Waals surface area contributed by atoms with E-state index in [-0.39, 0.29) is 0 Å². The number of hydrogen-bond acceptors (Lipinski definition) is 1. The van der Waals surface area contributed by atoms with Crippen molar-refractivity contribution in [2.24, 2.45) is 10.4 Å². The summed E-state index contributed by atoms with van der Waals surface area (Å²) in [6.45, 7) is 9.51. The summed E-state index contributed by atoms with van der Waals surface area (Å²) >= 11 is 0. The first-order valence-electron chi connectivity index (χ1n) is 4.01. The molecule has 0 aromatic rings. The van der Waals surface area contributed by atoms with Crippen molar-refractivity contribution in [2.75, 3.05) is 20.6 Å². The quantitative estimate of drug-likeness (QED) is 0.419. The number of hydrogen-bond donors (Lipinski definition) is 0. The van der Waals surface area contributed by atoms with Crippen molar-refractivity contribution in [3.05, 3.63) is 0 Å². The van der Waals surface area contributed by atoms with Gasteiger partial charge in [0.25, 0.3) is 0 Å². The van der Waals surface area contributed by atoms with E-state index in [4.69, 9.17) is 0 Å². The lowest BCUT2D eigenvalue weighted by Crippen LogP contribution is -2.21. The van der Waals surface area contributed by atoms with Gasteiger partial charge in [-0.1, -0.05) is 20.8 Å². The average molecular weight is 156 g/mol. The van der Waals surface area contributed by atoms with Crippen molar-refractivity contribution in [2.45, 2.75) is 27.7 Å². The zero-order valence-electron chi connectivity index (χ0n) is 8.60. The van der Waals surface area contributed by atoms with Gasteiger partial charge < -0.3 is 4.90 Å². The van der Waals surface area contributed by atoms with Gasteiger partial charge in [0.1, 0.15) is 0 Å². The monoisotopic (exact) mass is 156 g/mol. The van der Waals surface area contributed by atoms with Crippen molar-refractivity contribution >= 4 is 5.84 Å². The molecule has 2 heteroatoms. The van der Waals surface area contributed by atoms with Gasteiger partial charge in [0.2, 0.25) is 0 Å². The second-order valence-electron chi connectivity index (χ2n) is 4.32. The van der Waals surface area contributed by atoms with Crippen LogP contribution in [0.1, 0.15) is 27.7 Å². The zero-order chi connectivity index (χ0) is 9.07. The van der Waals surface area contributed by atoms with Gasteiger partial charge in [-0.05, 0) is 12.3 Å². The molecule has 0 unspecified atom stereocenters. The van der Waals surface area contributed by atoms with Crippen LogP contribution in [-0.4, -0.2) is 31.4 Å². The van der Waals surface area contributed by atoms with E-state index in [0.717, 1.165) is 12.4 Å². The van der Waals surface area contributed by atoms with Crippen LogP contribution in [0.25, 0.3) is 0 Å². The number of amidine groups is 1. The fraction of sp³-hybridized carbons (Fsp3) is 0.889. The molecule has 0 aliphatic heterocycles. The first kappa shape index (κ1) is 10.5. The van der Waals surface area contributed by atoms with Crippen LogP contribution in [0, 0.1) is 5.41 Å². The van der Waals surface area contributed by atoms with E-state index < -0.39 is 0 Å². The summed E-state index contributed by atoms with van der Waals surface area (Å²) in [6.07, 6.45) is 0. The molecule has 0 aromatic heterocycles. The molecule has 0 fully saturated rings. The molecule has 11 heavy (non-hydrogen) atoms. The lowest BCUT2D eigenvalue weighted by atomic mass is 9.97. The maximum absolute atomic E-state index is 4.44. The van der Waals surface area contributed by atoms with E-state index >= 15 is 0 Å². The first-order valence-corrected chi connectivity index (χ1v) is 4.01. The SMILES string of the molecule is C/C(=N\CC(C)(C)C)N(C)C. The van der Waals surface area contributed by atoms with Gasteiger partial charge in [-0.25, -0.2) is 0 Å². The third kappa shape index (κ3) is 5.89. The predicted molar refractivity (Wildman–Crippen MR) is 51.1 cm³/mol. The van der Waals surface area contributed by atoms with Crippen molar-refractivity contribution in [3.63, 3.8) is 0 Å². The molecule has 2 nitrogen and oxygen atoms in total. The summed E-state index contributed by atoms with van der Waals surface area (Å²) < 4.78 is 0. The highest BCUT2D eigenvalue weighted by atomic mass is 15.1. The van der Waals surface area contributed by atoms with Gasteiger partial charge in [0, 0.05) is 20.6 Å². The molecule has 0 rings (SSSR count). The molecular formula is C9H20N2. The van der Waals surface area contributed by atoms with Crippen molar-refractivity contribution < 1.29 is 0 Å². The molecule has 0 saturated heterocycles. The molecule has 66 valence electrons. The lowest BCUT2D eigenvalue weighted by molar-refractivity contribution is 0.426. The van der Waals surface area contributed by atoms with Crippen molar-refractivity contribution in [1.82, 2.24) is 4.90 Å². The van der Waals surface area contributed by atoms with Crippen LogP contribution in [-0.2, 0) is 0 Å². The molecule has 0 saturated carbocycles. The lowest BCUT2D eigenvalue weighted by Gasteiger charge is -2.17. The summed E-state index contributed by atoms with van der Waals surface area (Å²) in [5, 5.41) is 0. The fourth-order valence-electron chi connectivity index (χ4n) is 0.493. The van der Waals surface area contributed by atoms with Crippen LogP contribution in [0.4, 0.5) is 0 Å². The number of rotatable bonds is 1. The summed E-state index contributed by atoms with van der Waals surface area (Å²) in [4.78, 5) is 6.47. The topological polar surface area (TPSA) is 15.6 Å². The van der Waals surface area contributed by atoms with E-state index in [2.05, 4.69) is 25.8 Å². The molecule has 0 aliphatic rings. The smallest absolute Gasteiger partial charge is 0.0952 e. The zero-order valence-corrected chi connectivity index (χ0v) is 8.60. The standard InChI is InChI=1S/C9H20N2/c1-8(11(5)6)10-7-9(2,3)4/h7H2,1-6H3/b10-8+. The van der Waals surface area contributed by atoms with Crippen LogP contribution in [0.5, 0.6) is 0 Å². The predicted octanol–water partition coefficient (Wildman–Crippen LogP) is 2.01. The Hall–Kier alpha value is -0.530.